The highest BCUT2D eigenvalue weighted by Crippen LogP contribution is 2.20. The summed E-state index contributed by atoms with van der Waals surface area (Å²) in [6, 6.07) is 7.83. The van der Waals surface area contributed by atoms with Crippen LogP contribution < -0.4 is 21.3 Å². The quantitative estimate of drug-likeness (QED) is 0.380. The molecule has 0 saturated carbocycles. The average Bonchev–Trinajstić information content (AvgIpc) is 2.73. The number of hydrogen-bond acceptors (Lipinski definition) is 9. The van der Waals surface area contributed by atoms with E-state index in [4.69, 9.17) is 15.7 Å². The Hall–Kier alpha value is -2.65. The standard InChI is InChI=1S/C23H41N9/c1-7-18(2)25-21-27-22(26-20-12-10-19(24)11-13-20)29-23(28-21)32(16-8-14-30(3)4)17-9-15-31(5)6/h10-13,18H,7-9,14-17,24H2,1-6H3,(H2,25,26,27,28,29). The van der Waals surface area contributed by atoms with Crippen LogP contribution in [0.15, 0.2) is 24.3 Å². The van der Waals surface area contributed by atoms with E-state index in [0.717, 1.165) is 56.8 Å². The topological polar surface area (TPSA) is 98.5 Å². The van der Waals surface area contributed by atoms with Gasteiger partial charge >= 0.3 is 0 Å². The van der Waals surface area contributed by atoms with Crippen LogP contribution in [0.4, 0.5) is 29.2 Å². The molecule has 0 aliphatic heterocycles. The van der Waals surface area contributed by atoms with Crippen molar-refractivity contribution in [2.24, 2.45) is 0 Å². The minimum atomic E-state index is 0.269. The molecule has 0 bridgehead atoms. The van der Waals surface area contributed by atoms with Crippen LogP contribution in [0, 0.1) is 0 Å². The molecular weight excluding hydrogens is 402 g/mol. The van der Waals surface area contributed by atoms with E-state index in [9.17, 15) is 0 Å². The van der Waals surface area contributed by atoms with Gasteiger partial charge in [-0.1, -0.05) is 6.92 Å². The Balaban J connectivity index is 2.30. The first-order valence-electron chi connectivity index (χ1n) is 11.5. The second-order valence-corrected chi connectivity index (χ2v) is 8.78. The van der Waals surface area contributed by atoms with Crippen LogP contribution >= 0.6 is 0 Å². The Morgan fingerprint density at radius 2 is 1.41 bits per heavy atom. The van der Waals surface area contributed by atoms with Crippen molar-refractivity contribution >= 4 is 29.2 Å². The molecule has 0 saturated heterocycles. The van der Waals surface area contributed by atoms with Crippen LogP contribution in [0.5, 0.6) is 0 Å². The lowest BCUT2D eigenvalue weighted by Gasteiger charge is -2.25. The monoisotopic (exact) mass is 443 g/mol. The zero-order valence-electron chi connectivity index (χ0n) is 20.6. The summed E-state index contributed by atoms with van der Waals surface area (Å²) in [5, 5.41) is 6.71. The third-order valence-corrected chi connectivity index (χ3v) is 5.13. The molecule has 32 heavy (non-hydrogen) atoms. The molecule has 1 atom stereocenters. The second-order valence-electron chi connectivity index (χ2n) is 8.78. The van der Waals surface area contributed by atoms with Crippen molar-refractivity contribution in [2.75, 3.05) is 75.6 Å². The summed E-state index contributed by atoms with van der Waals surface area (Å²) in [5.41, 5.74) is 7.43. The molecule has 0 aliphatic carbocycles. The Morgan fingerprint density at radius 1 is 0.844 bits per heavy atom. The molecule has 0 amide bonds. The Kier molecular flexibility index (Phi) is 10.4. The predicted molar refractivity (Wildman–Crippen MR) is 136 cm³/mol. The predicted octanol–water partition coefficient (Wildman–Crippen LogP) is 3.12. The van der Waals surface area contributed by atoms with E-state index in [1.54, 1.807) is 0 Å². The van der Waals surface area contributed by atoms with Gasteiger partial charge in [-0.3, -0.25) is 0 Å². The number of anilines is 5. The molecule has 0 spiro atoms. The van der Waals surface area contributed by atoms with Gasteiger partial charge in [0.25, 0.3) is 0 Å². The van der Waals surface area contributed by atoms with Crippen molar-refractivity contribution in [3.05, 3.63) is 24.3 Å². The van der Waals surface area contributed by atoms with Crippen molar-refractivity contribution in [2.45, 2.75) is 39.2 Å². The maximum Gasteiger partial charge on any atom is 0.233 e. The first-order chi connectivity index (χ1) is 15.3. The Morgan fingerprint density at radius 3 is 1.94 bits per heavy atom. The summed E-state index contributed by atoms with van der Waals surface area (Å²) >= 11 is 0. The highest BCUT2D eigenvalue weighted by Gasteiger charge is 2.15. The average molecular weight is 444 g/mol. The van der Waals surface area contributed by atoms with Crippen molar-refractivity contribution in [1.29, 1.82) is 0 Å². The fourth-order valence-electron chi connectivity index (χ4n) is 3.11. The summed E-state index contributed by atoms with van der Waals surface area (Å²) in [5.74, 6) is 1.81. The summed E-state index contributed by atoms with van der Waals surface area (Å²) in [4.78, 5) is 20.8. The summed E-state index contributed by atoms with van der Waals surface area (Å²) in [7, 11) is 8.40. The van der Waals surface area contributed by atoms with Gasteiger partial charge in [0.2, 0.25) is 17.8 Å². The number of nitrogens with zero attached hydrogens (tertiary/aromatic N) is 6. The molecular formula is C23H41N9. The van der Waals surface area contributed by atoms with E-state index in [1.807, 2.05) is 24.3 Å². The van der Waals surface area contributed by atoms with Crippen LogP contribution in [0.1, 0.15) is 33.1 Å². The van der Waals surface area contributed by atoms with E-state index >= 15 is 0 Å². The molecule has 4 N–H and O–H groups in total. The molecule has 1 heterocycles. The van der Waals surface area contributed by atoms with E-state index in [-0.39, 0.29) is 6.04 Å². The molecule has 0 aliphatic rings. The molecule has 9 heteroatoms. The van der Waals surface area contributed by atoms with Gasteiger partial charge in [-0.05, 0) is 91.7 Å². The highest BCUT2D eigenvalue weighted by molar-refractivity contribution is 5.58. The minimum absolute atomic E-state index is 0.269. The molecule has 1 aromatic carbocycles. The molecule has 2 rings (SSSR count). The lowest BCUT2D eigenvalue weighted by molar-refractivity contribution is 0.389. The number of nitrogens with two attached hydrogens (primary N) is 1. The number of rotatable bonds is 14. The molecule has 1 unspecified atom stereocenters. The van der Waals surface area contributed by atoms with E-state index in [2.05, 4.69) is 72.4 Å². The summed E-state index contributed by atoms with van der Waals surface area (Å²) in [6.07, 6.45) is 3.06. The molecule has 178 valence electrons. The first kappa shape index (κ1) is 25.6. The third-order valence-electron chi connectivity index (χ3n) is 5.13. The van der Waals surface area contributed by atoms with Crippen LogP contribution in [-0.4, -0.2) is 85.2 Å². The zero-order chi connectivity index (χ0) is 23.5. The minimum Gasteiger partial charge on any atom is -0.399 e. The van der Waals surface area contributed by atoms with Gasteiger partial charge in [-0.15, -0.1) is 0 Å². The number of nitrogen functional groups attached to an aromatic ring is 1. The van der Waals surface area contributed by atoms with E-state index < -0.39 is 0 Å². The van der Waals surface area contributed by atoms with Crippen molar-refractivity contribution in [1.82, 2.24) is 24.8 Å². The van der Waals surface area contributed by atoms with Crippen molar-refractivity contribution < 1.29 is 0 Å². The van der Waals surface area contributed by atoms with Gasteiger partial charge in [0.1, 0.15) is 0 Å². The van der Waals surface area contributed by atoms with Crippen LogP contribution in [0.25, 0.3) is 0 Å². The van der Waals surface area contributed by atoms with Gasteiger partial charge in [-0.2, -0.15) is 15.0 Å². The SMILES string of the molecule is CCC(C)Nc1nc(Nc2ccc(N)cc2)nc(N(CCCN(C)C)CCCN(C)C)n1. The Bertz CT molecular complexity index is 779. The third kappa shape index (κ3) is 9.23. The molecule has 0 radical (unpaired) electrons. The van der Waals surface area contributed by atoms with Crippen molar-refractivity contribution in [3.8, 4) is 0 Å². The smallest absolute Gasteiger partial charge is 0.233 e. The fourth-order valence-corrected chi connectivity index (χ4v) is 3.11. The largest absolute Gasteiger partial charge is 0.399 e. The van der Waals surface area contributed by atoms with Crippen LogP contribution in [0.3, 0.4) is 0 Å². The fraction of sp³-hybridized carbons (Fsp3) is 0.609. The van der Waals surface area contributed by atoms with Gasteiger partial charge in [-0.25, -0.2) is 0 Å². The normalized spacial score (nSPS) is 12.2. The van der Waals surface area contributed by atoms with Gasteiger partial charge < -0.3 is 31.1 Å². The summed E-state index contributed by atoms with van der Waals surface area (Å²) < 4.78 is 0. The van der Waals surface area contributed by atoms with Gasteiger partial charge in [0, 0.05) is 30.5 Å². The Labute approximate surface area is 193 Å². The molecule has 0 fully saturated rings. The first-order valence-corrected chi connectivity index (χ1v) is 11.5. The van der Waals surface area contributed by atoms with E-state index in [1.165, 1.54) is 0 Å². The number of aromatic nitrogens is 3. The second kappa shape index (κ2) is 13.0. The van der Waals surface area contributed by atoms with Crippen LogP contribution in [0.2, 0.25) is 0 Å². The number of hydrogen-bond donors (Lipinski definition) is 3. The van der Waals surface area contributed by atoms with Crippen LogP contribution in [-0.2, 0) is 0 Å². The molecule has 9 nitrogen and oxygen atoms in total. The van der Waals surface area contributed by atoms with E-state index in [0.29, 0.717) is 17.8 Å². The lowest BCUT2D eigenvalue weighted by Crippen LogP contribution is -2.32. The zero-order valence-corrected chi connectivity index (χ0v) is 20.6. The maximum absolute atomic E-state index is 5.82. The molecule has 2 aromatic rings. The number of benzene rings is 1. The van der Waals surface area contributed by atoms with Gasteiger partial charge in [0.15, 0.2) is 0 Å². The highest BCUT2D eigenvalue weighted by atomic mass is 15.3. The lowest BCUT2D eigenvalue weighted by atomic mass is 10.3. The van der Waals surface area contributed by atoms with Crippen molar-refractivity contribution in [3.63, 3.8) is 0 Å². The van der Waals surface area contributed by atoms with Gasteiger partial charge in [0.05, 0.1) is 0 Å². The molecule has 1 aromatic heterocycles. The maximum atomic E-state index is 5.82. The number of nitrogens with one attached hydrogen (secondary N) is 2. The summed E-state index contributed by atoms with van der Waals surface area (Å²) in [6.45, 7) is 8.08.